The summed E-state index contributed by atoms with van der Waals surface area (Å²) in [5, 5.41) is 3.33. The van der Waals surface area contributed by atoms with E-state index in [4.69, 9.17) is 4.74 Å². The molecule has 0 saturated carbocycles. The van der Waals surface area contributed by atoms with E-state index in [0.29, 0.717) is 29.4 Å². The smallest absolute Gasteiger partial charge is 0.150 e. The summed E-state index contributed by atoms with van der Waals surface area (Å²) in [6, 6.07) is 0.348. The molecule has 5 heteroatoms. The van der Waals surface area contributed by atoms with Gasteiger partial charge in [-0.05, 0) is 38.1 Å². The van der Waals surface area contributed by atoms with Crippen LogP contribution in [0.1, 0.15) is 19.3 Å². The van der Waals surface area contributed by atoms with Gasteiger partial charge in [0, 0.05) is 19.3 Å². The maximum absolute atomic E-state index is 11.5. The molecule has 2 saturated heterocycles. The van der Waals surface area contributed by atoms with E-state index >= 15 is 0 Å². The van der Waals surface area contributed by atoms with Crippen LogP contribution in [-0.2, 0) is 14.6 Å². The molecule has 0 aromatic heterocycles. The van der Waals surface area contributed by atoms with Crippen molar-refractivity contribution in [2.45, 2.75) is 25.3 Å². The number of hydrogen-bond acceptors (Lipinski definition) is 4. The van der Waals surface area contributed by atoms with Crippen LogP contribution in [0.15, 0.2) is 0 Å². The van der Waals surface area contributed by atoms with Gasteiger partial charge < -0.3 is 10.1 Å². The van der Waals surface area contributed by atoms with Crippen molar-refractivity contribution in [1.29, 1.82) is 0 Å². The summed E-state index contributed by atoms with van der Waals surface area (Å²) in [5.41, 5.74) is 0. The minimum atomic E-state index is -2.76. The first-order chi connectivity index (χ1) is 7.62. The first-order valence-electron chi connectivity index (χ1n) is 6.08. The standard InChI is InChI=1S/C11H21NO3S/c1-12-11(9-2-5-15-6-3-9)10-4-7-16(13,14)8-10/h9-12H,2-8H2,1H3. The van der Waals surface area contributed by atoms with E-state index in [9.17, 15) is 8.42 Å². The van der Waals surface area contributed by atoms with Gasteiger partial charge in [-0.2, -0.15) is 0 Å². The fourth-order valence-corrected chi connectivity index (χ4v) is 4.89. The van der Waals surface area contributed by atoms with Crippen molar-refractivity contribution in [2.75, 3.05) is 31.8 Å². The second-order valence-corrected chi connectivity index (χ2v) is 7.16. The molecule has 0 amide bonds. The summed E-state index contributed by atoms with van der Waals surface area (Å²) >= 11 is 0. The highest BCUT2D eigenvalue weighted by molar-refractivity contribution is 7.91. The fraction of sp³-hybridized carbons (Fsp3) is 1.00. The van der Waals surface area contributed by atoms with E-state index in [1.165, 1.54) is 0 Å². The highest BCUT2D eigenvalue weighted by Crippen LogP contribution is 2.30. The van der Waals surface area contributed by atoms with Gasteiger partial charge in [-0.1, -0.05) is 0 Å². The predicted molar refractivity (Wildman–Crippen MR) is 63.2 cm³/mol. The third kappa shape index (κ3) is 2.76. The molecule has 0 aromatic rings. The Morgan fingerprint density at radius 2 is 1.88 bits per heavy atom. The van der Waals surface area contributed by atoms with Gasteiger partial charge in [0.05, 0.1) is 11.5 Å². The molecule has 0 bridgehead atoms. The SMILES string of the molecule is CNC(C1CCOCC1)C1CCS(=O)(=O)C1. The summed E-state index contributed by atoms with van der Waals surface area (Å²) in [5.74, 6) is 1.63. The Kier molecular flexibility index (Phi) is 3.87. The molecule has 2 fully saturated rings. The minimum Gasteiger partial charge on any atom is -0.381 e. The summed E-state index contributed by atoms with van der Waals surface area (Å²) in [6.07, 6.45) is 2.94. The maximum Gasteiger partial charge on any atom is 0.150 e. The summed E-state index contributed by atoms with van der Waals surface area (Å²) in [4.78, 5) is 0. The van der Waals surface area contributed by atoms with Gasteiger partial charge in [0.2, 0.25) is 0 Å². The van der Waals surface area contributed by atoms with E-state index in [2.05, 4.69) is 5.32 Å². The molecule has 2 atom stereocenters. The van der Waals surface area contributed by atoms with Crippen LogP contribution in [0, 0.1) is 11.8 Å². The molecule has 0 aromatic carbocycles. The molecule has 2 rings (SSSR count). The average molecular weight is 247 g/mol. The second-order valence-electron chi connectivity index (χ2n) is 4.93. The van der Waals surface area contributed by atoms with E-state index < -0.39 is 9.84 Å². The molecule has 2 aliphatic heterocycles. The maximum atomic E-state index is 11.5. The van der Waals surface area contributed by atoms with Crippen molar-refractivity contribution in [3.05, 3.63) is 0 Å². The van der Waals surface area contributed by atoms with Crippen LogP contribution < -0.4 is 5.32 Å². The number of nitrogens with one attached hydrogen (secondary N) is 1. The zero-order chi connectivity index (χ0) is 11.6. The van der Waals surface area contributed by atoms with Gasteiger partial charge in [0.1, 0.15) is 0 Å². The minimum absolute atomic E-state index is 0.304. The topological polar surface area (TPSA) is 55.4 Å². The van der Waals surface area contributed by atoms with Crippen LogP contribution in [0.25, 0.3) is 0 Å². The van der Waals surface area contributed by atoms with E-state index in [1.54, 1.807) is 0 Å². The van der Waals surface area contributed by atoms with E-state index in [1.807, 2.05) is 7.05 Å². The highest BCUT2D eigenvalue weighted by Gasteiger charge is 2.37. The molecule has 4 nitrogen and oxygen atoms in total. The summed E-state index contributed by atoms with van der Waals surface area (Å²) in [7, 11) is -0.811. The first-order valence-corrected chi connectivity index (χ1v) is 7.90. The Bertz CT molecular complexity index is 322. The summed E-state index contributed by atoms with van der Waals surface area (Å²) in [6.45, 7) is 1.64. The first kappa shape index (κ1) is 12.3. The Balaban J connectivity index is 1.99. The van der Waals surface area contributed by atoms with Crippen molar-refractivity contribution >= 4 is 9.84 Å². The quantitative estimate of drug-likeness (QED) is 0.786. The van der Waals surface area contributed by atoms with Crippen molar-refractivity contribution < 1.29 is 13.2 Å². The fourth-order valence-electron chi connectivity index (χ4n) is 3.04. The highest BCUT2D eigenvalue weighted by atomic mass is 32.2. The largest absolute Gasteiger partial charge is 0.381 e. The summed E-state index contributed by atoms with van der Waals surface area (Å²) < 4.78 is 28.3. The van der Waals surface area contributed by atoms with Crippen LogP contribution in [0.3, 0.4) is 0 Å². The van der Waals surface area contributed by atoms with Crippen LogP contribution in [0.5, 0.6) is 0 Å². The number of rotatable bonds is 3. The van der Waals surface area contributed by atoms with Gasteiger partial charge in [0.15, 0.2) is 9.84 Å². The molecule has 2 heterocycles. The van der Waals surface area contributed by atoms with Crippen molar-refractivity contribution in [3.63, 3.8) is 0 Å². The molecule has 2 aliphatic rings. The predicted octanol–water partition coefficient (Wildman–Crippen LogP) is 0.436. The average Bonchev–Trinajstić information content (AvgIpc) is 2.62. The number of sulfone groups is 1. The number of ether oxygens (including phenoxy) is 1. The zero-order valence-electron chi connectivity index (χ0n) is 9.81. The van der Waals surface area contributed by atoms with Crippen LogP contribution >= 0.6 is 0 Å². The third-order valence-corrected chi connectivity index (χ3v) is 5.68. The van der Waals surface area contributed by atoms with Crippen molar-refractivity contribution in [2.24, 2.45) is 11.8 Å². The lowest BCUT2D eigenvalue weighted by molar-refractivity contribution is 0.0476. The molecule has 0 aliphatic carbocycles. The molecule has 16 heavy (non-hydrogen) atoms. The van der Waals surface area contributed by atoms with Gasteiger partial charge in [-0.3, -0.25) is 0 Å². The van der Waals surface area contributed by atoms with Gasteiger partial charge in [-0.15, -0.1) is 0 Å². The lowest BCUT2D eigenvalue weighted by Gasteiger charge is -2.33. The van der Waals surface area contributed by atoms with E-state index in [0.717, 1.165) is 32.5 Å². The Morgan fingerprint density at radius 1 is 1.19 bits per heavy atom. The third-order valence-electron chi connectivity index (χ3n) is 3.88. The Morgan fingerprint density at radius 3 is 2.38 bits per heavy atom. The molecular weight excluding hydrogens is 226 g/mol. The molecule has 94 valence electrons. The van der Waals surface area contributed by atoms with Crippen molar-refractivity contribution in [1.82, 2.24) is 5.32 Å². The lowest BCUT2D eigenvalue weighted by atomic mass is 9.83. The molecule has 0 spiro atoms. The van der Waals surface area contributed by atoms with Gasteiger partial charge >= 0.3 is 0 Å². The molecule has 1 N–H and O–H groups in total. The molecule has 0 radical (unpaired) electrons. The van der Waals surface area contributed by atoms with Crippen LogP contribution in [0.2, 0.25) is 0 Å². The Hall–Kier alpha value is -0.130. The molecule has 2 unspecified atom stereocenters. The van der Waals surface area contributed by atoms with Gasteiger partial charge in [-0.25, -0.2) is 8.42 Å². The van der Waals surface area contributed by atoms with Gasteiger partial charge in [0.25, 0.3) is 0 Å². The lowest BCUT2D eigenvalue weighted by Crippen LogP contribution is -2.43. The normalized spacial score (nSPS) is 32.7. The monoisotopic (exact) mass is 247 g/mol. The van der Waals surface area contributed by atoms with Crippen LogP contribution in [-0.4, -0.2) is 46.2 Å². The molecular formula is C11H21NO3S. The zero-order valence-corrected chi connectivity index (χ0v) is 10.6. The number of hydrogen-bond donors (Lipinski definition) is 1. The Labute approximate surface area is 97.7 Å². The van der Waals surface area contributed by atoms with Crippen LogP contribution in [0.4, 0.5) is 0 Å². The van der Waals surface area contributed by atoms with E-state index in [-0.39, 0.29) is 0 Å². The second kappa shape index (κ2) is 5.02. The van der Waals surface area contributed by atoms with Crippen molar-refractivity contribution in [3.8, 4) is 0 Å².